The fourth-order valence-corrected chi connectivity index (χ4v) is 4.80. The van der Waals surface area contributed by atoms with Gasteiger partial charge in [0.2, 0.25) is 10.0 Å². The van der Waals surface area contributed by atoms with Crippen molar-refractivity contribution in [1.29, 1.82) is 0 Å². The zero-order valence-corrected chi connectivity index (χ0v) is 21.8. The number of sulfonamides is 1. The van der Waals surface area contributed by atoms with E-state index >= 15 is 0 Å². The maximum atomic E-state index is 12.5. The molecular weight excluding hydrogens is 539 g/mol. The van der Waals surface area contributed by atoms with Crippen LogP contribution in [0.25, 0.3) is 0 Å². The summed E-state index contributed by atoms with van der Waals surface area (Å²) in [6.07, 6.45) is 1.09. The molecule has 2 aromatic rings. The lowest BCUT2D eigenvalue weighted by atomic mass is 9.99. The van der Waals surface area contributed by atoms with Gasteiger partial charge < -0.3 is 15.0 Å². The molecule has 0 aromatic heterocycles. The zero-order valence-electron chi connectivity index (χ0n) is 18.7. The summed E-state index contributed by atoms with van der Waals surface area (Å²) in [6, 6.07) is 17.5. The van der Waals surface area contributed by atoms with Crippen LogP contribution in [0.15, 0.2) is 64.5 Å². The molecule has 2 aromatic carbocycles. The maximum absolute atomic E-state index is 12.5. The van der Waals surface area contributed by atoms with Crippen LogP contribution in [0.4, 0.5) is 0 Å². The average Bonchev–Trinajstić information content (AvgIpc) is 3.28. The molecule has 1 unspecified atom stereocenters. The largest absolute Gasteiger partial charge is 0.383 e. The number of aliphatic imine (C=N–C) groups is 1. The molecule has 1 fully saturated rings. The lowest BCUT2D eigenvalue weighted by molar-refractivity contribution is 0.204. The molecule has 1 aliphatic rings. The van der Waals surface area contributed by atoms with Crippen LogP contribution in [0.2, 0.25) is 0 Å². The van der Waals surface area contributed by atoms with Crippen LogP contribution >= 0.6 is 24.0 Å². The number of likely N-dealkylation sites (tertiary alicyclic amines) is 1. The highest BCUT2D eigenvalue weighted by atomic mass is 127. The van der Waals surface area contributed by atoms with Gasteiger partial charge in [-0.1, -0.05) is 42.5 Å². The van der Waals surface area contributed by atoms with Gasteiger partial charge in [-0.25, -0.2) is 18.1 Å². The Balaban J connectivity index is 0.00000363. The van der Waals surface area contributed by atoms with Gasteiger partial charge in [0.15, 0.2) is 5.96 Å². The molecule has 2 N–H and O–H groups in total. The molecule has 32 heavy (non-hydrogen) atoms. The second kappa shape index (κ2) is 13.1. The summed E-state index contributed by atoms with van der Waals surface area (Å²) in [7, 11) is -2.02. The first kappa shape index (κ1) is 26.6. The van der Waals surface area contributed by atoms with Crippen molar-refractivity contribution >= 4 is 40.0 Å². The first-order chi connectivity index (χ1) is 15.0. The van der Waals surface area contributed by atoms with Gasteiger partial charge in [0, 0.05) is 39.2 Å². The molecule has 3 rings (SSSR count). The molecule has 1 heterocycles. The Morgan fingerprint density at radius 1 is 1.19 bits per heavy atom. The fourth-order valence-electron chi connectivity index (χ4n) is 3.71. The number of nitrogens with one attached hydrogen (secondary N) is 2. The Morgan fingerprint density at radius 3 is 2.69 bits per heavy atom. The molecule has 9 heteroatoms. The first-order valence-electron chi connectivity index (χ1n) is 10.7. The van der Waals surface area contributed by atoms with E-state index in [-0.39, 0.29) is 35.4 Å². The molecular formula is C23H33IN4O3S. The highest BCUT2D eigenvalue weighted by Gasteiger charge is 2.25. The maximum Gasteiger partial charge on any atom is 0.240 e. The highest BCUT2D eigenvalue weighted by molar-refractivity contribution is 14.0. The van der Waals surface area contributed by atoms with E-state index in [9.17, 15) is 8.42 Å². The van der Waals surface area contributed by atoms with Crippen molar-refractivity contribution in [3.63, 3.8) is 0 Å². The number of ether oxygens (including phenoxy) is 1. The summed E-state index contributed by atoms with van der Waals surface area (Å²) in [5.41, 5.74) is 2.21. The molecule has 1 aliphatic heterocycles. The quantitative estimate of drug-likeness (QED) is 0.209. The number of halogens is 1. The molecule has 176 valence electrons. The standard InChI is InChI=1S/C23H32N4O3S.HI/c1-3-24-23(27-14-12-21(18-27)20-9-5-4-6-10-20)25-17-19-8-7-11-22(16-19)31(28,29)26-13-15-30-2;/h4-11,16,21,26H,3,12-15,17-18H2,1-2H3,(H,24,25);1H. The van der Waals surface area contributed by atoms with Crippen molar-refractivity contribution in [2.45, 2.75) is 30.7 Å². The Labute approximate surface area is 208 Å². The third-order valence-electron chi connectivity index (χ3n) is 5.31. The van der Waals surface area contributed by atoms with E-state index in [2.05, 4.69) is 46.1 Å². The topological polar surface area (TPSA) is 83.0 Å². The van der Waals surface area contributed by atoms with Crippen molar-refractivity contribution in [3.8, 4) is 0 Å². The summed E-state index contributed by atoms with van der Waals surface area (Å²) in [6.45, 7) is 5.69. The molecule has 0 saturated carbocycles. The molecule has 7 nitrogen and oxygen atoms in total. The van der Waals surface area contributed by atoms with E-state index in [0.717, 1.165) is 37.6 Å². The summed E-state index contributed by atoms with van der Waals surface area (Å²) >= 11 is 0. The predicted molar refractivity (Wildman–Crippen MR) is 139 cm³/mol. The van der Waals surface area contributed by atoms with E-state index in [0.29, 0.717) is 19.1 Å². The lowest BCUT2D eigenvalue weighted by Gasteiger charge is -2.22. The summed E-state index contributed by atoms with van der Waals surface area (Å²) in [5.74, 6) is 1.36. The van der Waals surface area contributed by atoms with Crippen molar-refractivity contribution in [1.82, 2.24) is 14.9 Å². The van der Waals surface area contributed by atoms with Crippen LogP contribution in [0.1, 0.15) is 30.4 Å². The van der Waals surface area contributed by atoms with E-state index in [1.165, 1.54) is 12.7 Å². The van der Waals surface area contributed by atoms with E-state index < -0.39 is 10.0 Å². The number of benzene rings is 2. The highest BCUT2D eigenvalue weighted by Crippen LogP contribution is 2.27. The first-order valence-corrected chi connectivity index (χ1v) is 12.2. The van der Waals surface area contributed by atoms with Crippen molar-refractivity contribution in [2.75, 3.05) is 39.9 Å². The van der Waals surface area contributed by atoms with Crippen LogP contribution in [-0.4, -0.2) is 59.2 Å². The van der Waals surface area contributed by atoms with Crippen molar-refractivity contribution in [3.05, 3.63) is 65.7 Å². The molecule has 0 amide bonds. The number of hydrogen-bond acceptors (Lipinski definition) is 4. The van der Waals surface area contributed by atoms with E-state index in [1.54, 1.807) is 18.2 Å². The van der Waals surface area contributed by atoms with Gasteiger partial charge in [-0.15, -0.1) is 24.0 Å². The Morgan fingerprint density at radius 2 is 1.97 bits per heavy atom. The minimum absolute atomic E-state index is 0. The number of rotatable bonds is 9. The van der Waals surface area contributed by atoms with Crippen LogP contribution in [0.5, 0.6) is 0 Å². The molecule has 0 radical (unpaired) electrons. The lowest BCUT2D eigenvalue weighted by Crippen LogP contribution is -2.40. The van der Waals surface area contributed by atoms with E-state index in [1.807, 2.05) is 12.1 Å². The molecule has 0 aliphatic carbocycles. The van der Waals surface area contributed by atoms with Crippen LogP contribution < -0.4 is 10.0 Å². The van der Waals surface area contributed by atoms with Gasteiger partial charge in [0.25, 0.3) is 0 Å². The zero-order chi connectivity index (χ0) is 22.1. The Hall–Kier alpha value is -1.69. The van der Waals surface area contributed by atoms with Gasteiger partial charge in [0.1, 0.15) is 0 Å². The van der Waals surface area contributed by atoms with Crippen molar-refractivity contribution < 1.29 is 13.2 Å². The second-order valence-electron chi connectivity index (χ2n) is 7.55. The number of nitrogens with zero attached hydrogens (tertiary/aromatic N) is 2. The smallest absolute Gasteiger partial charge is 0.240 e. The molecule has 0 spiro atoms. The van der Waals surface area contributed by atoms with Crippen LogP contribution in [-0.2, 0) is 21.3 Å². The molecule has 0 bridgehead atoms. The number of methoxy groups -OCH3 is 1. The average molecular weight is 573 g/mol. The summed E-state index contributed by atoms with van der Waals surface area (Å²) in [5, 5.41) is 3.38. The Kier molecular flexibility index (Phi) is 10.9. The monoisotopic (exact) mass is 572 g/mol. The van der Waals surface area contributed by atoms with Crippen LogP contribution in [0, 0.1) is 0 Å². The fraction of sp³-hybridized carbons (Fsp3) is 0.435. The van der Waals surface area contributed by atoms with Gasteiger partial charge in [-0.2, -0.15) is 0 Å². The van der Waals surface area contributed by atoms with Crippen molar-refractivity contribution in [2.24, 2.45) is 4.99 Å². The Bertz CT molecular complexity index is 970. The van der Waals surface area contributed by atoms with Gasteiger partial charge in [0.05, 0.1) is 18.0 Å². The van der Waals surface area contributed by atoms with Gasteiger partial charge in [-0.3, -0.25) is 0 Å². The SMILES string of the molecule is CCNC(=NCc1cccc(S(=O)(=O)NCCOC)c1)N1CCC(c2ccccc2)C1.I. The third kappa shape index (κ3) is 7.43. The number of hydrogen-bond donors (Lipinski definition) is 2. The second-order valence-corrected chi connectivity index (χ2v) is 9.32. The van der Waals surface area contributed by atoms with Gasteiger partial charge in [-0.05, 0) is 36.6 Å². The third-order valence-corrected chi connectivity index (χ3v) is 6.77. The van der Waals surface area contributed by atoms with Gasteiger partial charge >= 0.3 is 0 Å². The predicted octanol–water partition coefficient (Wildman–Crippen LogP) is 3.18. The van der Waals surface area contributed by atoms with Crippen LogP contribution in [0.3, 0.4) is 0 Å². The minimum atomic E-state index is -3.56. The number of guanidine groups is 1. The summed E-state index contributed by atoms with van der Waals surface area (Å²) in [4.78, 5) is 7.32. The summed E-state index contributed by atoms with van der Waals surface area (Å²) < 4.78 is 32.4. The minimum Gasteiger partial charge on any atom is -0.383 e. The normalized spacial score (nSPS) is 16.6. The molecule has 1 atom stereocenters. The molecule has 1 saturated heterocycles. The van der Waals surface area contributed by atoms with E-state index in [4.69, 9.17) is 9.73 Å².